The van der Waals surface area contributed by atoms with E-state index >= 15 is 0 Å². The van der Waals surface area contributed by atoms with E-state index < -0.39 is 5.66 Å². The molecule has 6 heteroatoms. The number of thiophene rings is 1. The van der Waals surface area contributed by atoms with E-state index in [0.29, 0.717) is 0 Å². The summed E-state index contributed by atoms with van der Waals surface area (Å²) >= 11 is 1.47. The van der Waals surface area contributed by atoms with E-state index in [-0.39, 0.29) is 11.6 Å². The first-order valence-electron chi connectivity index (χ1n) is 5.75. The molecule has 5 nitrogen and oxygen atoms in total. The van der Waals surface area contributed by atoms with Crippen molar-refractivity contribution in [3.63, 3.8) is 0 Å². The monoisotopic (exact) mass is 268 g/mol. The lowest BCUT2D eigenvalue weighted by Crippen LogP contribution is -2.44. The van der Waals surface area contributed by atoms with Crippen molar-refractivity contribution >= 4 is 22.4 Å². The van der Waals surface area contributed by atoms with Crippen LogP contribution >= 0.6 is 11.3 Å². The number of carbonyl (C=O) groups is 1. The van der Waals surface area contributed by atoms with Crippen LogP contribution in [0, 0.1) is 0 Å². The third-order valence-corrected chi connectivity index (χ3v) is 2.56. The zero-order valence-corrected chi connectivity index (χ0v) is 12.3. The maximum atomic E-state index is 11.7. The molecule has 1 aromatic heterocycles. The second-order valence-electron chi connectivity index (χ2n) is 5.49. The molecular formula is C12H20N4OS. The number of azo groups is 1. The maximum Gasteiger partial charge on any atom is 0.321 e. The lowest BCUT2D eigenvalue weighted by atomic mass is 10.1. The average Bonchev–Trinajstić information content (AvgIpc) is 2.65. The van der Waals surface area contributed by atoms with Crippen LogP contribution in [-0.4, -0.2) is 17.2 Å². The Hall–Kier alpha value is -1.43. The molecule has 0 aliphatic rings. The number of hydrogen-bond acceptors (Lipinski definition) is 4. The minimum atomic E-state index is -0.728. The summed E-state index contributed by atoms with van der Waals surface area (Å²) in [6.45, 7) is 9.47. The standard InChI is InChI=1S/C12H20N4OS/c1-11(2,3)15-16-12(4,5)14-10(17)13-9-7-6-8-18-9/h6-8H,1-5H3,(H2,13,14,17)/b16-15+. The van der Waals surface area contributed by atoms with Crippen LogP contribution in [0.1, 0.15) is 34.6 Å². The first-order valence-corrected chi connectivity index (χ1v) is 6.63. The maximum absolute atomic E-state index is 11.7. The molecule has 0 aliphatic heterocycles. The number of nitrogens with one attached hydrogen (secondary N) is 2. The molecule has 0 radical (unpaired) electrons. The molecule has 1 rings (SSSR count). The van der Waals surface area contributed by atoms with Crippen LogP contribution in [0.25, 0.3) is 0 Å². The Morgan fingerprint density at radius 1 is 1.22 bits per heavy atom. The van der Waals surface area contributed by atoms with Crippen LogP contribution in [0.5, 0.6) is 0 Å². The lowest BCUT2D eigenvalue weighted by Gasteiger charge is -2.22. The fourth-order valence-electron chi connectivity index (χ4n) is 1.07. The molecule has 0 atom stereocenters. The number of hydrogen-bond donors (Lipinski definition) is 2. The molecule has 0 fully saturated rings. The van der Waals surface area contributed by atoms with E-state index in [0.717, 1.165) is 5.00 Å². The van der Waals surface area contributed by atoms with Gasteiger partial charge in [-0.25, -0.2) is 4.79 Å². The van der Waals surface area contributed by atoms with Gasteiger partial charge in [-0.3, -0.25) is 5.32 Å². The zero-order chi connectivity index (χ0) is 13.8. The molecule has 0 spiro atoms. The molecule has 18 heavy (non-hydrogen) atoms. The fraction of sp³-hybridized carbons (Fsp3) is 0.583. The van der Waals surface area contributed by atoms with E-state index in [1.807, 2.05) is 38.3 Å². The predicted octanol–water partition coefficient (Wildman–Crippen LogP) is 3.86. The summed E-state index contributed by atoms with van der Waals surface area (Å²) in [5.41, 5.74) is -0.974. The minimum Gasteiger partial charge on any atom is -0.312 e. The summed E-state index contributed by atoms with van der Waals surface area (Å²) < 4.78 is 0. The largest absolute Gasteiger partial charge is 0.321 e. The molecule has 100 valence electrons. The number of amides is 2. The van der Waals surface area contributed by atoms with E-state index in [1.54, 1.807) is 13.8 Å². The fourth-order valence-corrected chi connectivity index (χ4v) is 1.68. The number of rotatable bonds is 3. The van der Waals surface area contributed by atoms with Crippen LogP contribution in [0.3, 0.4) is 0 Å². The Kier molecular flexibility index (Phi) is 4.45. The van der Waals surface area contributed by atoms with E-state index in [4.69, 9.17) is 0 Å². The van der Waals surface area contributed by atoms with E-state index in [2.05, 4.69) is 20.9 Å². The van der Waals surface area contributed by atoms with Gasteiger partial charge in [0.05, 0.1) is 10.5 Å². The molecule has 0 saturated heterocycles. The quantitative estimate of drug-likeness (QED) is 0.803. The molecular weight excluding hydrogens is 248 g/mol. The van der Waals surface area contributed by atoms with Gasteiger partial charge in [0.25, 0.3) is 0 Å². The van der Waals surface area contributed by atoms with Crippen molar-refractivity contribution < 1.29 is 4.79 Å². The highest BCUT2D eigenvalue weighted by Gasteiger charge is 2.21. The van der Waals surface area contributed by atoms with Gasteiger partial charge < -0.3 is 5.32 Å². The Balaban J connectivity index is 2.55. The van der Waals surface area contributed by atoms with Crippen LogP contribution < -0.4 is 10.6 Å². The van der Waals surface area contributed by atoms with Crippen LogP contribution in [0.4, 0.5) is 9.80 Å². The summed E-state index contributed by atoms with van der Waals surface area (Å²) in [6, 6.07) is 3.44. The molecule has 0 saturated carbocycles. The molecule has 0 aliphatic carbocycles. The zero-order valence-electron chi connectivity index (χ0n) is 11.4. The van der Waals surface area contributed by atoms with Crippen LogP contribution in [0.2, 0.25) is 0 Å². The average molecular weight is 268 g/mol. The normalized spacial score (nSPS) is 12.7. The second-order valence-corrected chi connectivity index (χ2v) is 6.43. The molecule has 0 bridgehead atoms. The molecule has 1 heterocycles. The van der Waals surface area contributed by atoms with Gasteiger partial charge in [0.1, 0.15) is 5.66 Å². The van der Waals surface area contributed by atoms with Crippen molar-refractivity contribution in [1.82, 2.24) is 5.32 Å². The number of nitrogens with zero attached hydrogens (tertiary/aromatic N) is 2. The second kappa shape index (κ2) is 5.48. The summed E-state index contributed by atoms with van der Waals surface area (Å²) in [5, 5.41) is 16.5. The Morgan fingerprint density at radius 2 is 1.89 bits per heavy atom. The van der Waals surface area contributed by atoms with Gasteiger partial charge in [0, 0.05) is 0 Å². The molecule has 2 amide bonds. The number of anilines is 1. The summed E-state index contributed by atoms with van der Waals surface area (Å²) in [6.07, 6.45) is 0. The van der Waals surface area contributed by atoms with Gasteiger partial charge in [-0.2, -0.15) is 10.2 Å². The highest BCUT2D eigenvalue weighted by atomic mass is 32.1. The number of carbonyl (C=O) groups excluding carboxylic acids is 1. The lowest BCUT2D eigenvalue weighted by molar-refractivity contribution is 0.240. The third kappa shape index (κ3) is 5.77. The first-order chi connectivity index (χ1) is 8.18. The van der Waals surface area contributed by atoms with Gasteiger partial charge in [0.15, 0.2) is 0 Å². The van der Waals surface area contributed by atoms with E-state index in [9.17, 15) is 4.79 Å². The van der Waals surface area contributed by atoms with E-state index in [1.165, 1.54) is 11.3 Å². The van der Waals surface area contributed by atoms with Crippen molar-refractivity contribution in [2.75, 3.05) is 5.32 Å². The van der Waals surface area contributed by atoms with Gasteiger partial charge in [-0.1, -0.05) is 0 Å². The molecule has 0 unspecified atom stereocenters. The van der Waals surface area contributed by atoms with Gasteiger partial charge >= 0.3 is 6.03 Å². The molecule has 0 aromatic carbocycles. The van der Waals surface area contributed by atoms with Crippen molar-refractivity contribution in [2.45, 2.75) is 45.8 Å². The Bertz CT molecular complexity index is 418. The van der Waals surface area contributed by atoms with Crippen molar-refractivity contribution in [2.24, 2.45) is 10.2 Å². The molecule has 2 N–H and O–H groups in total. The highest BCUT2D eigenvalue weighted by molar-refractivity contribution is 7.14. The number of urea groups is 1. The van der Waals surface area contributed by atoms with Gasteiger partial charge in [-0.05, 0) is 52.1 Å². The van der Waals surface area contributed by atoms with Gasteiger partial charge in [0.2, 0.25) is 0 Å². The molecule has 1 aromatic rings. The van der Waals surface area contributed by atoms with Crippen molar-refractivity contribution in [3.8, 4) is 0 Å². The SMILES string of the molecule is CC(C)(C)/N=N/C(C)(C)NC(=O)Nc1cccs1. The third-order valence-electron chi connectivity index (χ3n) is 1.78. The van der Waals surface area contributed by atoms with Crippen LogP contribution in [0.15, 0.2) is 27.7 Å². The summed E-state index contributed by atoms with van der Waals surface area (Å²) in [7, 11) is 0. The Morgan fingerprint density at radius 3 is 2.39 bits per heavy atom. The summed E-state index contributed by atoms with van der Waals surface area (Å²) in [5.74, 6) is 0. The Labute approximate surface area is 112 Å². The highest BCUT2D eigenvalue weighted by Crippen LogP contribution is 2.16. The van der Waals surface area contributed by atoms with Crippen molar-refractivity contribution in [3.05, 3.63) is 17.5 Å². The van der Waals surface area contributed by atoms with Gasteiger partial charge in [-0.15, -0.1) is 11.3 Å². The van der Waals surface area contributed by atoms with Crippen molar-refractivity contribution in [1.29, 1.82) is 0 Å². The first kappa shape index (κ1) is 14.6. The minimum absolute atomic E-state index is 0.247. The summed E-state index contributed by atoms with van der Waals surface area (Å²) in [4.78, 5) is 11.7. The predicted molar refractivity (Wildman–Crippen MR) is 75.2 cm³/mol. The smallest absolute Gasteiger partial charge is 0.312 e. The topological polar surface area (TPSA) is 65.8 Å². The van der Waals surface area contributed by atoms with Crippen LogP contribution in [-0.2, 0) is 0 Å².